The smallest absolute Gasteiger partial charge is 0.246 e. The molecule has 1 aliphatic carbocycles. The summed E-state index contributed by atoms with van der Waals surface area (Å²) in [7, 11) is -2.26. The predicted octanol–water partition coefficient (Wildman–Crippen LogP) is 3.16. The van der Waals surface area contributed by atoms with E-state index in [9.17, 15) is 17.6 Å². The number of piperidine rings is 1. The molecular weight excluding hydrogens is 495 g/mol. The monoisotopic (exact) mass is 520 g/mol. The van der Waals surface area contributed by atoms with Crippen molar-refractivity contribution in [3.8, 4) is 0 Å². The molecule has 3 heterocycles. The van der Waals surface area contributed by atoms with E-state index >= 15 is 0 Å². The Hall–Kier alpha value is -3.96. The van der Waals surface area contributed by atoms with Crippen LogP contribution in [0.3, 0.4) is 0 Å². The van der Waals surface area contributed by atoms with E-state index in [4.69, 9.17) is 5.73 Å². The zero-order chi connectivity index (χ0) is 26.2. The number of sulfonamides is 1. The van der Waals surface area contributed by atoms with Crippen molar-refractivity contribution in [1.82, 2.24) is 19.1 Å². The van der Waals surface area contributed by atoms with Gasteiger partial charge in [0.25, 0.3) is 0 Å². The van der Waals surface area contributed by atoms with E-state index in [1.165, 1.54) is 45.9 Å². The largest absolute Gasteiger partial charge is 0.404 e. The molecule has 5 rings (SSSR count). The van der Waals surface area contributed by atoms with E-state index in [0.29, 0.717) is 23.4 Å². The highest BCUT2D eigenvalue weighted by atomic mass is 32.2. The van der Waals surface area contributed by atoms with Crippen LogP contribution in [0.4, 0.5) is 10.1 Å². The van der Waals surface area contributed by atoms with Crippen molar-refractivity contribution < 1.29 is 17.6 Å². The summed E-state index contributed by atoms with van der Waals surface area (Å²) >= 11 is 0. The van der Waals surface area contributed by atoms with Crippen molar-refractivity contribution in [3.63, 3.8) is 0 Å². The number of carbonyl (C=O) groups is 1. The van der Waals surface area contributed by atoms with Crippen LogP contribution in [0.15, 0.2) is 94.4 Å². The number of halogens is 1. The maximum Gasteiger partial charge on any atom is 0.246 e. The molecule has 9 nitrogen and oxygen atoms in total. The van der Waals surface area contributed by atoms with Crippen LogP contribution in [0.2, 0.25) is 0 Å². The molecule has 0 amide bonds. The zero-order valence-corrected chi connectivity index (χ0v) is 20.9. The number of nitrogens with two attached hydrogens (primary N) is 1. The molecular formula is C26H25FN6O3S. The van der Waals surface area contributed by atoms with E-state index in [1.54, 1.807) is 43.5 Å². The number of benzene rings is 1. The van der Waals surface area contributed by atoms with E-state index in [-0.39, 0.29) is 41.7 Å². The number of hydrogen-bond acceptors (Lipinski definition) is 7. The molecule has 0 spiro atoms. The SMILES string of the molecule is Cn1cc(S(=O)(=O)N2CCC3=CC(=Nc4ccc(F)cc4)C(=CN)CC3(C(=O)c3ccccn3)C2)cn1. The maximum atomic E-state index is 14.0. The summed E-state index contributed by atoms with van der Waals surface area (Å²) in [4.78, 5) is 23.0. The van der Waals surface area contributed by atoms with Gasteiger partial charge in [0.1, 0.15) is 16.4 Å². The molecule has 2 aromatic heterocycles. The Morgan fingerprint density at radius 1 is 1.22 bits per heavy atom. The predicted molar refractivity (Wildman–Crippen MR) is 136 cm³/mol. The van der Waals surface area contributed by atoms with Crippen molar-refractivity contribution in [1.29, 1.82) is 0 Å². The molecule has 1 unspecified atom stereocenters. The second-order valence-electron chi connectivity index (χ2n) is 9.08. The minimum Gasteiger partial charge on any atom is -0.404 e. The highest BCUT2D eigenvalue weighted by molar-refractivity contribution is 7.89. The first-order valence-corrected chi connectivity index (χ1v) is 13.1. The van der Waals surface area contributed by atoms with Gasteiger partial charge in [0.05, 0.1) is 23.0 Å². The number of hydrogen-bond donors (Lipinski definition) is 1. The summed E-state index contributed by atoms with van der Waals surface area (Å²) < 4.78 is 43.1. The van der Waals surface area contributed by atoms with Crippen molar-refractivity contribution in [3.05, 3.63) is 96.0 Å². The van der Waals surface area contributed by atoms with Gasteiger partial charge in [0, 0.05) is 32.5 Å². The average molecular weight is 521 g/mol. The summed E-state index contributed by atoms with van der Waals surface area (Å²) in [6.07, 6.45) is 7.92. The quantitative estimate of drug-likeness (QED) is 0.516. The standard InChI is InChI=1S/C26H25FN6O3S/c1-32-16-22(15-30-32)37(35,36)33-11-9-19-12-24(31-21-7-5-20(27)6-8-21)18(14-28)13-26(19,17-33)25(34)23-4-2-3-10-29-23/h2-8,10,12,14-16H,9,11,13,17,28H2,1H3. The summed E-state index contributed by atoms with van der Waals surface area (Å²) in [5.41, 5.74) is 7.46. The number of carbonyl (C=O) groups excluding carboxylic acids is 1. The van der Waals surface area contributed by atoms with Gasteiger partial charge in [-0.05, 0) is 67.1 Å². The molecule has 37 heavy (non-hydrogen) atoms. The Labute approximate surface area is 213 Å². The Bertz CT molecular complexity index is 1540. The van der Waals surface area contributed by atoms with E-state index in [1.807, 2.05) is 0 Å². The molecule has 0 radical (unpaired) electrons. The number of fused-ring (bicyclic) bond motifs is 1. The van der Waals surface area contributed by atoms with Gasteiger partial charge < -0.3 is 5.73 Å². The lowest BCUT2D eigenvalue weighted by atomic mass is 9.64. The van der Waals surface area contributed by atoms with E-state index < -0.39 is 15.4 Å². The van der Waals surface area contributed by atoms with Gasteiger partial charge in [-0.25, -0.2) is 17.8 Å². The molecule has 1 atom stereocenters. The fourth-order valence-electron chi connectivity index (χ4n) is 4.85. The van der Waals surface area contributed by atoms with Crippen molar-refractivity contribution >= 4 is 27.2 Å². The van der Waals surface area contributed by atoms with Crippen molar-refractivity contribution in [2.75, 3.05) is 13.1 Å². The number of ketones is 1. The Kier molecular flexibility index (Phi) is 6.34. The number of Topliss-reactive ketones (excluding diaryl/α,β-unsaturated/α-hetero) is 1. The molecule has 1 saturated heterocycles. The van der Waals surface area contributed by atoms with Crippen LogP contribution in [0.5, 0.6) is 0 Å². The molecule has 1 aromatic carbocycles. The molecule has 190 valence electrons. The molecule has 3 aromatic rings. The van der Waals surface area contributed by atoms with Gasteiger partial charge in [-0.1, -0.05) is 11.6 Å². The number of rotatable bonds is 5. The highest BCUT2D eigenvalue weighted by Crippen LogP contribution is 2.47. The molecule has 2 N–H and O–H groups in total. The van der Waals surface area contributed by atoms with Crippen LogP contribution in [-0.2, 0) is 17.1 Å². The fraction of sp³-hybridized carbons (Fsp3) is 0.231. The first kappa shape index (κ1) is 24.7. The maximum absolute atomic E-state index is 14.0. The van der Waals surface area contributed by atoms with Gasteiger partial charge in [-0.2, -0.15) is 9.40 Å². The lowest BCUT2D eigenvalue weighted by molar-refractivity contribution is 0.0770. The van der Waals surface area contributed by atoms with E-state index in [0.717, 1.165) is 5.57 Å². The third kappa shape index (κ3) is 4.51. The number of aliphatic imine (C=N–C) groups is 1. The van der Waals surface area contributed by atoms with Crippen molar-refractivity contribution in [2.24, 2.45) is 23.2 Å². The number of pyridine rings is 1. The molecule has 2 aliphatic rings. The van der Waals surface area contributed by atoms with Crippen LogP contribution < -0.4 is 5.73 Å². The first-order chi connectivity index (χ1) is 17.7. The third-order valence-electron chi connectivity index (χ3n) is 6.75. The third-order valence-corrected chi connectivity index (χ3v) is 8.55. The Balaban J connectivity index is 1.62. The van der Waals surface area contributed by atoms with Gasteiger partial charge in [0.15, 0.2) is 5.78 Å². The normalized spacial score (nSPS) is 22.6. The Morgan fingerprint density at radius 3 is 2.65 bits per heavy atom. The van der Waals surface area contributed by atoms with Crippen molar-refractivity contribution in [2.45, 2.75) is 17.7 Å². The minimum absolute atomic E-state index is 0.0619. The summed E-state index contributed by atoms with van der Waals surface area (Å²) in [6.45, 7) is 0.110. The molecule has 0 bridgehead atoms. The van der Waals surface area contributed by atoms with Gasteiger partial charge in [0.2, 0.25) is 10.0 Å². The lowest BCUT2D eigenvalue weighted by Gasteiger charge is -2.45. The molecule has 11 heteroatoms. The number of aromatic nitrogens is 3. The second kappa shape index (κ2) is 9.49. The lowest BCUT2D eigenvalue weighted by Crippen LogP contribution is -2.53. The summed E-state index contributed by atoms with van der Waals surface area (Å²) in [6, 6.07) is 10.8. The number of nitrogens with zero attached hydrogens (tertiary/aromatic N) is 5. The van der Waals surface area contributed by atoms with Gasteiger partial charge in [-0.15, -0.1) is 0 Å². The van der Waals surface area contributed by atoms with Crippen LogP contribution in [0, 0.1) is 11.2 Å². The topological polar surface area (TPSA) is 124 Å². The van der Waals surface area contributed by atoms with Crippen LogP contribution >= 0.6 is 0 Å². The molecule has 0 saturated carbocycles. The first-order valence-electron chi connectivity index (χ1n) is 11.6. The molecule has 1 aliphatic heterocycles. The summed E-state index contributed by atoms with van der Waals surface area (Å²) in [5, 5.41) is 4.00. The minimum atomic E-state index is -3.90. The van der Waals surface area contributed by atoms with E-state index in [2.05, 4.69) is 15.1 Å². The summed E-state index contributed by atoms with van der Waals surface area (Å²) in [5.74, 6) is -0.659. The van der Waals surface area contributed by atoms with Crippen LogP contribution in [-0.4, -0.2) is 52.1 Å². The number of aryl methyl sites for hydroxylation is 1. The highest BCUT2D eigenvalue weighted by Gasteiger charge is 2.51. The molecule has 1 fully saturated rings. The zero-order valence-electron chi connectivity index (χ0n) is 20.1. The number of allylic oxidation sites excluding steroid dienone is 2. The fourth-order valence-corrected chi connectivity index (χ4v) is 6.33. The van der Waals surface area contributed by atoms with Crippen LogP contribution in [0.25, 0.3) is 0 Å². The van der Waals surface area contributed by atoms with Crippen LogP contribution in [0.1, 0.15) is 23.3 Å². The van der Waals surface area contributed by atoms with Gasteiger partial charge >= 0.3 is 0 Å². The Morgan fingerprint density at radius 2 is 2.00 bits per heavy atom. The average Bonchev–Trinajstić information content (AvgIpc) is 3.36. The second-order valence-corrected chi connectivity index (χ2v) is 11.0. The van der Waals surface area contributed by atoms with Gasteiger partial charge in [-0.3, -0.25) is 14.5 Å².